The highest BCUT2D eigenvalue weighted by Gasteiger charge is 2.13. The van der Waals surface area contributed by atoms with Crippen molar-refractivity contribution >= 4 is 15.9 Å². The molecule has 0 saturated heterocycles. The van der Waals surface area contributed by atoms with Gasteiger partial charge in [0, 0.05) is 10.0 Å². The SMILES string of the molecule is Cc1cc(C(Cc2cc(F)cc(Br)c2)NN)co1. The van der Waals surface area contributed by atoms with Crippen LogP contribution in [0.2, 0.25) is 0 Å². The number of nitrogens with two attached hydrogens (primary N) is 1. The minimum atomic E-state index is -0.265. The van der Waals surface area contributed by atoms with E-state index in [9.17, 15) is 4.39 Å². The lowest BCUT2D eigenvalue weighted by molar-refractivity contribution is 0.511. The van der Waals surface area contributed by atoms with E-state index >= 15 is 0 Å². The van der Waals surface area contributed by atoms with Gasteiger partial charge in [0.05, 0.1) is 12.3 Å². The maximum atomic E-state index is 13.3. The summed E-state index contributed by atoms with van der Waals surface area (Å²) in [6, 6.07) is 6.62. The number of hydrogen-bond acceptors (Lipinski definition) is 3. The van der Waals surface area contributed by atoms with Crippen molar-refractivity contribution in [2.75, 3.05) is 0 Å². The largest absolute Gasteiger partial charge is 0.469 e. The van der Waals surface area contributed by atoms with Crippen molar-refractivity contribution in [3.63, 3.8) is 0 Å². The molecule has 5 heteroatoms. The van der Waals surface area contributed by atoms with E-state index in [0.717, 1.165) is 21.4 Å². The molecule has 0 amide bonds. The zero-order valence-corrected chi connectivity index (χ0v) is 11.5. The summed E-state index contributed by atoms with van der Waals surface area (Å²) < 4.78 is 19.3. The Balaban J connectivity index is 2.20. The Morgan fingerprint density at radius 2 is 2.17 bits per heavy atom. The Hall–Kier alpha value is -1.17. The average Bonchev–Trinajstić information content (AvgIpc) is 2.71. The highest BCUT2D eigenvalue weighted by Crippen LogP contribution is 2.22. The molecule has 1 heterocycles. The molecule has 0 fully saturated rings. The molecular weight excluding hydrogens is 299 g/mol. The van der Waals surface area contributed by atoms with E-state index in [2.05, 4.69) is 21.4 Å². The number of hydrogen-bond donors (Lipinski definition) is 2. The van der Waals surface area contributed by atoms with Gasteiger partial charge >= 0.3 is 0 Å². The summed E-state index contributed by atoms with van der Waals surface area (Å²) in [5.74, 6) is 6.10. The third-order valence-corrected chi connectivity index (χ3v) is 3.17. The van der Waals surface area contributed by atoms with Crippen molar-refractivity contribution in [3.05, 3.63) is 57.7 Å². The molecule has 0 bridgehead atoms. The predicted octanol–water partition coefficient (Wildman–Crippen LogP) is 3.24. The van der Waals surface area contributed by atoms with Gasteiger partial charge in [-0.3, -0.25) is 11.3 Å². The van der Waals surface area contributed by atoms with Crippen LogP contribution in [0.15, 0.2) is 39.4 Å². The van der Waals surface area contributed by atoms with Crippen molar-refractivity contribution in [1.82, 2.24) is 5.43 Å². The topological polar surface area (TPSA) is 51.2 Å². The van der Waals surface area contributed by atoms with Crippen LogP contribution in [0.5, 0.6) is 0 Å². The lowest BCUT2D eigenvalue weighted by Crippen LogP contribution is -2.29. The van der Waals surface area contributed by atoms with E-state index < -0.39 is 0 Å². The summed E-state index contributed by atoms with van der Waals surface area (Å²) in [4.78, 5) is 0. The molecule has 1 aromatic heterocycles. The molecule has 2 aromatic rings. The molecular formula is C13H14BrFN2O. The van der Waals surface area contributed by atoms with Gasteiger partial charge in [-0.2, -0.15) is 0 Å². The molecule has 1 atom stereocenters. The van der Waals surface area contributed by atoms with Gasteiger partial charge in [-0.1, -0.05) is 15.9 Å². The Morgan fingerprint density at radius 1 is 1.39 bits per heavy atom. The first-order chi connectivity index (χ1) is 8.58. The van der Waals surface area contributed by atoms with Crippen molar-refractivity contribution in [1.29, 1.82) is 0 Å². The van der Waals surface area contributed by atoms with Crippen LogP contribution in [0.3, 0.4) is 0 Å². The number of benzene rings is 1. The van der Waals surface area contributed by atoms with Crippen molar-refractivity contribution in [2.45, 2.75) is 19.4 Å². The standard InChI is InChI=1S/C13H14BrFN2O/c1-8-2-10(7-18-8)13(17-16)5-9-3-11(14)6-12(15)4-9/h2-4,6-7,13,17H,5,16H2,1H3. The zero-order valence-electron chi connectivity index (χ0n) is 9.91. The summed E-state index contributed by atoms with van der Waals surface area (Å²) in [7, 11) is 0. The number of furan rings is 1. The van der Waals surface area contributed by atoms with Crippen LogP contribution in [0.1, 0.15) is 22.9 Å². The minimum absolute atomic E-state index is 0.101. The van der Waals surface area contributed by atoms with Gasteiger partial charge < -0.3 is 4.42 Å². The van der Waals surface area contributed by atoms with Gasteiger partial charge in [0.15, 0.2) is 0 Å². The van der Waals surface area contributed by atoms with Gasteiger partial charge in [-0.05, 0) is 43.2 Å². The molecule has 1 aromatic carbocycles. The van der Waals surface area contributed by atoms with Gasteiger partial charge in [-0.25, -0.2) is 4.39 Å². The van der Waals surface area contributed by atoms with Crippen molar-refractivity contribution < 1.29 is 8.81 Å². The summed E-state index contributed by atoms with van der Waals surface area (Å²) in [5, 5.41) is 0. The summed E-state index contributed by atoms with van der Waals surface area (Å²) in [5.41, 5.74) is 4.54. The van der Waals surface area contributed by atoms with Crippen LogP contribution >= 0.6 is 15.9 Å². The second-order valence-corrected chi connectivity index (χ2v) is 5.11. The van der Waals surface area contributed by atoms with E-state index in [4.69, 9.17) is 10.3 Å². The van der Waals surface area contributed by atoms with Crippen LogP contribution in [0.25, 0.3) is 0 Å². The molecule has 1 unspecified atom stereocenters. The normalized spacial score (nSPS) is 12.7. The first-order valence-electron chi connectivity index (χ1n) is 5.54. The molecule has 96 valence electrons. The zero-order chi connectivity index (χ0) is 13.1. The third-order valence-electron chi connectivity index (χ3n) is 2.72. The number of hydrazine groups is 1. The predicted molar refractivity (Wildman–Crippen MR) is 71.3 cm³/mol. The smallest absolute Gasteiger partial charge is 0.124 e. The lowest BCUT2D eigenvalue weighted by Gasteiger charge is -2.14. The van der Waals surface area contributed by atoms with E-state index in [1.807, 2.05) is 19.1 Å². The second-order valence-electron chi connectivity index (χ2n) is 4.19. The van der Waals surface area contributed by atoms with Crippen LogP contribution in [0, 0.1) is 12.7 Å². The lowest BCUT2D eigenvalue weighted by atomic mass is 10.0. The summed E-state index contributed by atoms with van der Waals surface area (Å²) in [6.07, 6.45) is 2.25. The Labute approximate surface area is 113 Å². The maximum absolute atomic E-state index is 13.3. The summed E-state index contributed by atoms with van der Waals surface area (Å²) >= 11 is 3.28. The van der Waals surface area contributed by atoms with Gasteiger partial charge in [-0.15, -0.1) is 0 Å². The maximum Gasteiger partial charge on any atom is 0.124 e. The van der Waals surface area contributed by atoms with E-state index in [0.29, 0.717) is 6.42 Å². The quantitative estimate of drug-likeness (QED) is 0.673. The molecule has 18 heavy (non-hydrogen) atoms. The van der Waals surface area contributed by atoms with E-state index in [1.165, 1.54) is 12.1 Å². The van der Waals surface area contributed by atoms with Crippen LogP contribution in [-0.2, 0) is 6.42 Å². The molecule has 3 nitrogen and oxygen atoms in total. The van der Waals surface area contributed by atoms with Gasteiger partial charge in [0.1, 0.15) is 11.6 Å². The van der Waals surface area contributed by atoms with Crippen molar-refractivity contribution in [2.24, 2.45) is 5.84 Å². The Morgan fingerprint density at radius 3 is 2.72 bits per heavy atom. The van der Waals surface area contributed by atoms with E-state index in [-0.39, 0.29) is 11.9 Å². The number of nitrogens with one attached hydrogen (secondary N) is 1. The minimum Gasteiger partial charge on any atom is -0.469 e. The first kappa shape index (κ1) is 13.3. The molecule has 0 radical (unpaired) electrons. The second kappa shape index (κ2) is 5.65. The average molecular weight is 313 g/mol. The van der Waals surface area contributed by atoms with E-state index in [1.54, 1.807) is 6.26 Å². The number of halogens is 2. The van der Waals surface area contributed by atoms with Crippen molar-refractivity contribution in [3.8, 4) is 0 Å². The molecule has 2 rings (SSSR count). The molecule has 0 spiro atoms. The molecule has 0 aliphatic carbocycles. The highest BCUT2D eigenvalue weighted by atomic mass is 79.9. The highest BCUT2D eigenvalue weighted by molar-refractivity contribution is 9.10. The molecule has 0 saturated carbocycles. The number of aryl methyl sites for hydroxylation is 1. The van der Waals surface area contributed by atoms with Crippen LogP contribution in [0.4, 0.5) is 4.39 Å². The van der Waals surface area contributed by atoms with Crippen LogP contribution < -0.4 is 11.3 Å². The fourth-order valence-electron chi connectivity index (χ4n) is 1.88. The monoisotopic (exact) mass is 312 g/mol. The number of rotatable bonds is 4. The third kappa shape index (κ3) is 3.19. The van der Waals surface area contributed by atoms with Crippen LogP contribution in [-0.4, -0.2) is 0 Å². The van der Waals surface area contributed by atoms with Gasteiger partial charge in [0.25, 0.3) is 0 Å². The molecule has 0 aliphatic heterocycles. The van der Waals surface area contributed by atoms with Gasteiger partial charge in [0.2, 0.25) is 0 Å². The Bertz CT molecular complexity index is 521. The Kier molecular flexibility index (Phi) is 4.16. The molecule has 3 N–H and O–H groups in total. The molecule has 0 aliphatic rings. The fourth-order valence-corrected chi connectivity index (χ4v) is 2.40. The fraction of sp³-hybridized carbons (Fsp3) is 0.231. The first-order valence-corrected chi connectivity index (χ1v) is 6.34. The summed E-state index contributed by atoms with van der Waals surface area (Å²) in [6.45, 7) is 1.87.